The summed E-state index contributed by atoms with van der Waals surface area (Å²) in [6.07, 6.45) is 4.41. The summed E-state index contributed by atoms with van der Waals surface area (Å²) in [5, 5.41) is 0. The van der Waals surface area contributed by atoms with Crippen LogP contribution in [0.25, 0.3) is 0 Å². The quantitative estimate of drug-likeness (QED) is 0.614. The third-order valence-corrected chi connectivity index (χ3v) is 1.37. The Hall–Kier alpha value is -1.29. The Kier molecular flexibility index (Phi) is 2.88. The monoisotopic (exact) mass is 169 g/mol. The fourth-order valence-electron chi connectivity index (χ4n) is 0.821. The number of nitrogens with zero attached hydrogens (tertiary/aromatic N) is 1. The Bertz CT molecular complexity index is 232. The number of methoxy groups -OCH3 is 1. The number of ether oxygens (including phenoxy) is 2. The summed E-state index contributed by atoms with van der Waals surface area (Å²) in [5.41, 5.74) is 0. The molecule has 1 amide bonds. The van der Waals surface area contributed by atoms with Gasteiger partial charge in [-0.05, 0) is 6.92 Å². The highest BCUT2D eigenvalue weighted by Crippen LogP contribution is 2.05. The van der Waals surface area contributed by atoms with E-state index in [4.69, 9.17) is 9.47 Å². The van der Waals surface area contributed by atoms with Gasteiger partial charge in [-0.3, -0.25) is 9.69 Å². The van der Waals surface area contributed by atoms with Crippen molar-refractivity contribution in [1.29, 1.82) is 0 Å². The molecular weight excluding hydrogens is 158 g/mol. The molecule has 12 heavy (non-hydrogen) atoms. The van der Waals surface area contributed by atoms with Crippen LogP contribution in [0.3, 0.4) is 0 Å². The fourth-order valence-corrected chi connectivity index (χ4v) is 0.821. The van der Waals surface area contributed by atoms with Gasteiger partial charge in [0.15, 0.2) is 0 Å². The van der Waals surface area contributed by atoms with Crippen molar-refractivity contribution in [3.05, 3.63) is 24.3 Å². The summed E-state index contributed by atoms with van der Waals surface area (Å²) in [7, 11) is 1.53. The first-order valence-corrected chi connectivity index (χ1v) is 3.55. The lowest BCUT2D eigenvalue weighted by Gasteiger charge is -2.12. The second-order valence-corrected chi connectivity index (χ2v) is 2.38. The second-order valence-electron chi connectivity index (χ2n) is 2.38. The molecule has 1 aliphatic heterocycles. The van der Waals surface area contributed by atoms with E-state index in [-0.39, 0.29) is 12.6 Å². The molecule has 0 aromatic heterocycles. The third-order valence-electron chi connectivity index (χ3n) is 1.37. The van der Waals surface area contributed by atoms with Gasteiger partial charge in [0, 0.05) is 19.4 Å². The first-order valence-electron chi connectivity index (χ1n) is 3.55. The maximum absolute atomic E-state index is 11.3. The molecule has 66 valence electrons. The summed E-state index contributed by atoms with van der Waals surface area (Å²) >= 11 is 0. The maximum Gasteiger partial charge on any atom is 0.255 e. The lowest BCUT2D eigenvalue weighted by molar-refractivity contribution is -0.127. The van der Waals surface area contributed by atoms with Gasteiger partial charge in [-0.25, -0.2) is 0 Å². The standard InChI is InChI=1S/C8H11NO3/c1-7-5-8(10)9(6-11-2)3-4-12-7/h3-5H,6H2,1-2H3. The minimum Gasteiger partial charge on any atom is -0.468 e. The van der Waals surface area contributed by atoms with Crippen LogP contribution in [0.1, 0.15) is 6.92 Å². The first kappa shape index (κ1) is 8.80. The van der Waals surface area contributed by atoms with E-state index in [1.54, 1.807) is 13.1 Å². The highest BCUT2D eigenvalue weighted by molar-refractivity contribution is 5.88. The first-order chi connectivity index (χ1) is 5.74. The highest BCUT2D eigenvalue weighted by atomic mass is 16.5. The summed E-state index contributed by atoms with van der Waals surface area (Å²) < 4.78 is 9.82. The molecule has 0 bridgehead atoms. The predicted molar refractivity (Wildman–Crippen MR) is 42.7 cm³/mol. The Labute approximate surface area is 71.1 Å². The SMILES string of the molecule is COCN1C=COC(C)=CC1=O. The van der Waals surface area contributed by atoms with Gasteiger partial charge >= 0.3 is 0 Å². The van der Waals surface area contributed by atoms with E-state index >= 15 is 0 Å². The van der Waals surface area contributed by atoms with Gasteiger partial charge in [0.2, 0.25) is 0 Å². The largest absolute Gasteiger partial charge is 0.468 e. The number of hydrogen-bond acceptors (Lipinski definition) is 3. The van der Waals surface area contributed by atoms with Crippen LogP contribution in [0.15, 0.2) is 24.3 Å². The van der Waals surface area contributed by atoms with Gasteiger partial charge in [0.1, 0.15) is 18.8 Å². The maximum atomic E-state index is 11.3. The average molecular weight is 169 g/mol. The minimum atomic E-state index is -0.136. The molecule has 4 heteroatoms. The Morgan fingerprint density at radius 3 is 3.08 bits per heavy atom. The van der Waals surface area contributed by atoms with Crippen molar-refractivity contribution in [3.8, 4) is 0 Å². The molecule has 0 spiro atoms. The van der Waals surface area contributed by atoms with Crippen LogP contribution < -0.4 is 0 Å². The van der Waals surface area contributed by atoms with E-state index in [1.807, 2.05) is 0 Å². The van der Waals surface area contributed by atoms with Crippen LogP contribution >= 0.6 is 0 Å². The zero-order chi connectivity index (χ0) is 8.97. The van der Waals surface area contributed by atoms with Crippen LogP contribution in [0.5, 0.6) is 0 Å². The molecule has 0 aromatic rings. The summed E-state index contributed by atoms with van der Waals surface area (Å²) in [5.74, 6) is 0.443. The zero-order valence-corrected chi connectivity index (χ0v) is 7.11. The molecule has 0 atom stereocenters. The number of hydrogen-bond donors (Lipinski definition) is 0. The minimum absolute atomic E-state index is 0.136. The molecule has 0 saturated heterocycles. The molecule has 4 nitrogen and oxygen atoms in total. The van der Waals surface area contributed by atoms with Crippen molar-refractivity contribution in [2.24, 2.45) is 0 Å². The van der Waals surface area contributed by atoms with Gasteiger partial charge in [-0.1, -0.05) is 0 Å². The third kappa shape index (κ3) is 2.10. The number of carbonyl (C=O) groups is 1. The normalized spacial score (nSPS) is 17.0. The molecule has 0 unspecified atom stereocenters. The van der Waals surface area contributed by atoms with Crippen molar-refractivity contribution in [1.82, 2.24) is 4.90 Å². The highest BCUT2D eigenvalue weighted by Gasteiger charge is 2.10. The van der Waals surface area contributed by atoms with E-state index in [0.717, 1.165) is 0 Å². The molecule has 0 fully saturated rings. The van der Waals surface area contributed by atoms with E-state index in [9.17, 15) is 4.79 Å². The smallest absolute Gasteiger partial charge is 0.255 e. The molecule has 0 saturated carbocycles. The number of allylic oxidation sites excluding steroid dienone is 1. The molecule has 0 radical (unpaired) electrons. The average Bonchev–Trinajstić information content (AvgIpc) is 2.15. The predicted octanol–water partition coefficient (Wildman–Crippen LogP) is 0.824. The van der Waals surface area contributed by atoms with Crippen LogP contribution in [0.2, 0.25) is 0 Å². The number of carbonyl (C=O) groups excluding carboxylic acids is 1. The van der Waals surface area contributed by atoms with Crippen LogP contribution in [0, 0.1) is 0 Å². The van der Waals surface area contributed by atoms with Crippen molar-refractivity contribution >= 4 is 5.91 Å². The van der Waals surface area contributed by atoms with Gasteiger partial charge in [-0.15, -0.1) is 0 Å². The molecular formula is C8H11NO3. The van der Waals surface area contributed by atoms with E-state index in [1.165, 1.54) is 24.3 Å². The van der Waals surface area contributed by atoms with Crippen molar-refractivity contribution in [2.75, 3.05) is 13.8 Å². The fraction of sp³-hybridized carbons (Fsp3) is 0.375. The molecule has 1 aliphatic rings. The van der Waals surface area contributed by atoms with Gasteiger partial charge in [-0.2, -0.15) is 0 Å². The van der Waals surface area contributed by atoms with Crippen LogP contribution in [0.4, 0.5) is 0 Å². The van der Waals surface area contributed by atoms with Crippen molar-refractivity contribution < 1.29 is 14.3 Å². The van der Waals surface area contributed by atoms with E-state index in [0.29, 0.717) is 5.76 Å². The summed E-state index contributed by atoms with van der Waals surface area (Å²) in [6, 6.07) is 0. The Balaban J connectivity index is 2.70. The zero-order valence-electron chi connectivity index (χ0n) is 7.11. The van der Waals surface area contributed by atoms with E-state index < -0.39 is 0 Å². The molecule has 1 heterocycles. The van der Waals surface area contributed by atoms with Crippen LogP contribution in [-0.2, 0) is 14.3 Å². The second kappa shape index (κ2) is 3.92. The summed E-state index contributed by atoms with van der Waals surface area (Å²) in [6.45, 7) is 1.96. The molecule has 0 aliphatic carbocycles. The number of rotatable bonds is 2. The Morgan fingerprint density at radius 1 is 1.67 bits per heavy atom. The van der Waals surface area contributed by atoms with Crippen molar-refractivity contribution in [3.63, 3.8) is 0 Å². The topological polar surface area (TPSA) is 38.8 Å². The molecule has 1 rings (SSSR count). The Morgan fingerprint density at radius 2 is 2.42 bits per heavy atom. The van der Waals surface area contributed by atoms with Gasteiger partial charge in [0.05, 0.1) is 0 Å². The van der Waals surface area contributed by atoms with Crippen molar-refractivity contribution in [2.45, 2.75) is 6.92 Å². The van der Waals surface area contributed by atoms with Crippen LogP contribution in [-0.4, -0.2) is 24.6 Å². The van der Waals surface area contributed by atoms with E-state index in [2.05, 4.69) is 0 Å². The lowest BCUT2D eigenvalue weighted by Crippen LogP contribution is -2.25. The number of amides is 1. The molecule has 0 N–H and O–H groups in total. The summed E-state index contributed by atoms with van der Waals surface area (Å²) in [4.78, 5) is 12.7. The molecule has 0 aromatic carbocycles. The van der Waals surface area contributed by atoms with Gasteiger partial charge < -0.3 is 9.47 Å². The lowest BCUT2D eigenvalue weighted by atomic mass is 10.4. The van der Waals surface area contributed by atoms with Gasteiger partial charge in [0.25, 0.3) is 5.91 Å².